The third kappa shape index (κ3) is 9.27. The van der Waals surface area contributed by atoms with Gasteiger partial charge in [-0.2, -0.15) is 4.98 Å². The lowest BCUT2D eigenvalue weighted by atomic mass is 10.1. The summed E-state index contributed by atoms with van der Waals surface area (Å²) in [6.45, 7) is 5.99. The van der Waals surface area contributed by atoms with Gasteiger partial charge in [0, 0.05) is 18.8 Å². The van der Waals surface area contributed by atoms with Crippen LogP contribution < -0.4 is 10.1 Å². The van der Waals surface area contributed by atoms with Gasteiger partial charge >= 0.3 is 0 Å². The summed E-state index contributed by atoms with van der Waals surface area (Å²) in [6.07, 6.45) is 13.4. The van der Waals surface area contributed by atoms with Crippen LogP contribution in [0.25, 0.3) is 0 Å². The number of hydrogen-bond acceptors (Lipinski definition) is 4. The summed E-state index contributed by atoms with van der Waals surface area (Å²) in [7, 11) is 0. The fraction of sp³-hybridized carbons (Fsp3) is 0.765. The van der Waals surface area contributed by atoms with Crippen molar-refractivity contribution >= 4 is 5.95 Å². The average molecular weight is 293 g/mol. The van der Waals surface area contributed by atoms with Crippen LogP contribution in [-0.2, 0) is 0 Å². The van der Waals surface area contributed by atoms with E-state index in [0.29, 0.717) is 18.4 Å². The summed E-state index contributed by atoms with van der Waals surface area (Å²) < 4.78 is 5.50. The predicted molar refractivity (Wildman–Crippen MR) is 88.9 cm³/mol. The molecular formula is C17H31N3O. The van der Waals surface area contributed by atoms with Gasteiger partial charge in [-0.25, -0.2) is 4.98 Å². The van der Waals surface area contributed by atoms with E-state index < -0.39 is 0 Å². The third-order valence-electron chi connectivity index (χ3n) is 3.40. The minimum absolute atomic E-state index is 0.658. The smallest absolute Gasteiger partial charge is 0.225 e. The van der Waals surface area contributed by atoms with Gasteiger partial charge in [-0.05, 0) is 12.8 Å². The minimum Gasteiger partial charge on any atom is -0.478 e. The first-order valence-corrected chi connectivity index (χ1v) is 8.56. The van der Waals surface area contributed by atoms with E-state index in [-0.39, 0.29) is 0 Å². The Bertz CT molecular complexity index is 358. The summed E-state index contributed by atoms with van der Waals surface area (Å²) in [5.41, 5.74) is 0. The van der Waals surface area contributed by atoms with Crippen LogP contribution in [0, 0.1) is 0 Å². The molecule has 0 aromatic carbocycles. The summed E-state index contributed by atoms with van der Waals surface area (Å²) >= 11 is 0. The minimum atomic E-state index is 0.658. The zero-order valence-electron chi connectivity index (χ0n) is 13.7. The van der Waals surface area contributed by atoms with Crippen LogP contribution in [0.4, 0.5) is 5.95 Å². The summed E-state index contributed by atoms with van der Waals surface area (Å²) in [5, 5.41) is 3.27. The van der Waals surface area contributed by atoms with Gasteiger partial charge in [0.25, 0.3) is 0 Å². The zero-order valence-corrected chi connectivity index (χ0v) is 13.7. The highest BCUT2D eigenvalue weighted by atomic mass is 16.5. The molecule has 21 heavy (non-hydrogen) atoms. The Morgan fingerprint density at radius 3 is 2.38 bits per heavy atom. The lowest BCUT2D eigenvalue weighted by Gasteiger charge is -2.07. The van der Waals surface area contributed by atoms with Crippen molar-refractivity contribution in [3.05, 3.63) is 12.3 Å². The molecule has 0 bridgehead atoms. The van der Waals surface area contributed by atoms with Crippen molar-refractivity contribution in [1.29, 1.82) is 0 Å². The molecule has 1 aromatic rings. The molecule has 1 heterocycles. The van der Waals surface area contributed by atoms with E-state index in [4.69, 9.17) is 4.74 Å². The quantitative estimate of drug-likeness (QED) is 0.530. The van der Waals surface area contributed by atoms with Crippen molar-refractivity contribution in [2.75, 3.05) is 18.5 Å². The van der Waals surface area contributed by atoms with Crippen LogP contribution in [-0.4, -0.2) is 23.1 Å². The maximum Gasteiger partial charge on any atom is 0.225 e. The van der Waals surface area contributed by atoms with Gasteiger partial charge in [0.05, 0.1) is 6.61 Å². The van der Waals surface area contributed by atoms with Crippen LogP contribution >= 0.6 is 0 Å². The normalized spacial score (nSPS) is 10.6. The maximum atomic E-state index is 5.50. The molecule has 0 radical (unpaired) electrons. The fourth-order valence-electron chi connectivity index (χ4n) is 2.17. The van der Waals surface area contributed by atoms with Crippen LogP contribution in [0.1, 0.15) is 71.6 Å². The van der Waals surface area contributed by atoms with Crippen molar-refractivity contribution in [3.8, 4) is 5.88 Å². The molecule has 0 saturated carbocycles. The average Bonchev–Trinajstić information content (AvgIpc) is 2.52. The number of anilines is 1. The van der Waals surface area contributed by atoms with Crippen LogP contribution in [0.2, 0.25) is 0 Å². The van der Waals surface area contributed by atoms with Crippen molar-refractivity contribution in [2.45, 2.75) is 71.6 Å². The molecule has 0 spiro atoms. The van der Waals surface area contributed by atoms with Gasteiger partial charge in [-0.3, -0.25) is 0 Å². The van der Waals surface area contributed by atoms with Crippen molar-refractivity contribution in [3.63, 3.8) is 0 Å². The topological polar surface area (TPSA) is 47.0 Å². The van der Waals surface area contributed by atoms with Crippen molar-refractivity contribution < 1.29 is 4.74 Å². The molecule has 0 atom stereocenters. The zero-order chi connectivity index (χ0) is 15.2. The van der Waals surface area contributed by atoms with Crippen LogP contribution in [0.3, 0.4) is 0 Å². The Morgan fingerprint density at radius 1 is 0.952 bits per heavy atom. The monoisotopic (exact) mass is 293 g/mol. The van der Waals surface area contributed by atoms with Gasteiger partial charge in [0.1, 0.15) is 0 Å². The Morgan fingerprint density at radius 2 is 1.67 bits per heavy atom. The Labute approximate surface area is 129 Å². The first-order valence-electron chi connectivity index (χ1n) is 8.56. The van der Waals surface area contributed by atoms with Gasteiger partial charge in [0.2, 0.25) is 11.8 Å². The molecule has 4 nitrogen and oxygen atoms in total. The Balaban J connectivity index is 2.04. The van der Waals surface area contributed by atoms with Crippen molar-refractivity contribution in [2.24, 2.45) is 0 Å². The Hall–Kier alpha value is -1.32. The highest BCUT2D eigenvalue weighted by Crippen LogP contribution is 2.10. The second kappa shape index (κ2) is 12.4. The summed E-state index contributed by atoms with van der Waals surface area (Å²) in [4.78, 5) is 8.55. The maximum absolute atomic E-state index is 5.50. The molecule has 0 saturated heterocycles. The molecule has 0 unspecified atom stereocenters. The van der Waals surface area contributed by atoms with Gasteiger partial charge in [-0.1, -0.05) is 58.8 Å². The standard InChI is InChI=1S/C17H31N3O/c1-3-5-6-7-8-9-10-11-13-18-17-19-14-12-16(20-17)21-15-4-2/h12,14H,3-11,13,15H2,1-2H3,(H,18,19,20). The van der Waals surface area contributed by atoms with Gasteiger partial charge in [0.15, 0.2) is 0 Å². The molecule has 4 heteroatoms. The Kier molecular flexibility index (Phi) is 10.5. The first-order chi connectivity index (χ1) is 10.4. The van der Waals surface area contributed by atoms with E-state index in [1.54, 1.807) is 12.3 Å². The number of hydrogen-bond donors (Lipinski definition) is 1. The molecule has 0 aliphatic heterocycles. The molecule has 1 rings (SSSR count). The van der Waals surface area contributed by atoms with Gasteiger partial charge in [-0.15, -0.1) is 0 Å². The second-order valence-corrected chi connectivity index (χ2v) is 5.47. The molecule has 0 fully saturated rings. The largest absolute Gasteiger partial charge is 0.478 e. The van der Waals surface area contributed by atoms with Crippen molar-refractivity contribution in [1.82, 2.24) is 9.97 Å². The van der Waals surface area contributed by atoms with E-state index in [9.17, 15) is 0 Å². The highest BCUT2D eigenvalue weighted by molar-refractivity contribution is 5.27. The van der Waals surface area contributed by atoms with E-state index >= 15 is 0 Å². The molecule has 0 aliphatic carbocycles. The number of unbranched alkanes of at least 4 members (excludes halogenated alkanes) is 7. The molecule has 1 N–H and O–H groups in total. The lowest BCUT2D eigenvalue weighted by Crippen LogP contribution is -2.06. The number of nitrogens with one attached hydrogen (secondary N) is 1. The lowest BCUT2D eigenvalue weighted by molar-refractivity contribution is 0.305. The summed E-state index contributed by atoms with van der Waals surface area (Å²) in [6, 6.07) is 1.80. The highest BCUT2D eigenvalue weighted by Gasteiger charge is 1.99. The second-order valence-electron chi connectivity index (χ2n) is 5.47. The molecular weight excluding hydrogens is 262 g/mol. The van der Waals surface area contributed by atoms with Crippen LogP contribution in [0.5, 0.6) is 5.88 Å². The molecule has 0 aliphatic rings. The van der Waals surface area contributed by atoms with E-state index in [1.165, 1.54) is 51.4 Å². The molecule has 120 valence electrons. The van der Waals surface area contributed by atoms with E-state index in [1.807, 2.05) is 0 Å². The number of ether oxygens (including phenoxy) is 1. The summed E-state index contributed by atoms with van der Waals surface area (Å²) in [5.74, 6) is 1.33. The number of aromatic nitrogens is 2. The van der Waals surface area contributed by atoms with Gasteiger partial charge < -0.3 is 10.1 Å². The molecule has 1 aromatic heterocycles. The van der Waals surface area contributed by atoms with E-state index in [0.717, 1.165) is 13.0 Å². The number of rotatable bonds is 13. The third-order valence-corrected chi connectivity index (χ3v) is 3.40. The predicted octanol–water partition coefficient (Wildman–Crippen LogP) is 4.82. The first kappa shape index (κ1) is 17.7. The van der Waals surface area contributed by atoms with Crippen LogP contribution in [0.15, 0.2) is 12.3 Å². The van der Waals surface area contributed by atoms with E-state index in [2.05, 4.69) is 29.1 Å². The molecule has 0 amide bonds. The number of nitrogens with zero attached hydrogens (tertiary/aromatic N) is 2. The fourth-order valence-corrected chi connectivity index (χ4v) is 2.17. The SMILES string of the molecule is CCCCCCCCCCNc1nccc(OCCC)n1.